The van der Waals surface area contributed by atoms with Gasteiger partial charge in [-0.05, 0) is 29.8 Å². The molecule has 0 aliphatic heterocycles. The van der Waals surface area contributed by atoms with E-state index in [2.05, 4.69) is 0 Å². The summed E-state index contributed by atoms with van der Waals surface area (Å²) in [6.45, 7) is 0.0266. The number of benzene rings is 2. The third kappa shape index (κ3) is 2.97. The van der Waals surface area contributed by atoms with Crippen LogP contribution in [0.15, 0.2) is 59.5 Å². The first kappa shape index (κ1) is 14.1. The van der Waals surface area contributed by atoms with Crippen molar-refractivity contribution in [2.45, 2.75) is 10.1 Å². The van der Waals surface area contributed by atoms with Gasteiger partial charge in [0.05, 0.1) is 4.90 Å². The molecular weight excluding hydrogens is 282 g/mol. The maximum atomic E-state index is 12.5. The van der Waals surface area contributed by atoms with Crippen LogP contribution in [0.4, 0.5) is 0 Å². The van der Waals surface area contributed by atoms with Crippen molar-refractivity contribution in [1.29, 1.82) is 0 Å². The van der Waals surface area contributed by atoms with Crippen LogP contribution in [-0.2, 0) is 9.84 Å². The van der Waals surface area contributed by atoms with Crippen molar-refractivity contribution < 1.29 is 8.42 Å². The van der Waals surface area contributed by atoms with Crippen molar-refractivity contribution in [3.63, 3.8) is 0 Å². The second-order valence-electron chi connectivity index (χ2n) is 4.13. The monoisotopic (exact) mass is 295 g/mol. The fraction of sp³-hybridized carbons (Fsp3) is 0.143. The number of hydrogen-bond acceptors (Lipinski definition) is 3. The van der Waals surface area contributed by atoms with E-state index in [0.29, 0.717) is 10.6 Å². The van der Waals surface area contributed by atoms with Gasteiger partial charge in [-0.1, -0.05) is 41.9 Å². The highest BCUT2D eigenvalue weighted by Crippen LogP contribution is 2.28. The molecule has 0 saturated heterocycles. The Kier molecular flexibility index (Phi) is 4.24. The summed E-state index contributed by atoms with van der Waals surface area (Å²) in [4.78, 5) is 0.278. The largest absolute Gasteiger partial charge is 0.329 e. The lowest BCUT2D eigenvalue weighted by atomic mass is 10.1. The molecule has 0 radical (unpaired) electrons. The van der Waals surface area contributed by atoms with E-state index in [1.165, 1.54) is 0 Å². The summed E-state index contributed by atoms with van der Waals surface area (Å²) in [5, 5.41) is -0.191. The fourth-order valence-electron chi connectivity index (χ4n) is 1.89. The van der Waals surface area contributed by atoms with Crippen LogP contribution in [0, 0.1) is 0 Å². The zero-order valence-electron chi connectivity index (χ0n) is 10.2. The summed E-state index contributed by atoms with van der Waals surface area (Å²) in [5.41, 5.74) is 6.30. The first-order chi connectivity index (χ1) is 9.05. The Labute approximate surface area is 117 Å². The van der Waals surface area contributed by atoms with Gasteiger partial charge in [0.25, 0.3) is 0 Å². The molecule has 2 rings (SSSR count). The maximum absolute atomic E-state index is 12.5. The summed E-state index contributed by atoms with van der Waals surface area (Å²) in [5.74, 6) is 0. The molecule has 0 aliphatic carbocycles. The quantitative estimate of drug-likeness (QED) is 0.943. The van der Waals surface area contributed by atoms with Gasteiger partial charge in [-0.2, -0.15) is 0 Å². The lowest BCUT2D eigenvalue weighted by Crippen LogP contribution is -2.22. The van der Waals surface area contributed by atoms with E-state index in [1.54, 1.807) is 54.6 Å². The van der Waals surface area contributed by atoms with E-state index in [4.69, 9.17) is 17.3 Å². The van der Waals surface area contributed by atoms with Crippen molar-refractivity contribution >= 4 is 21.4 Å². The molecule has 0 spiro atoms. The first-order valence-corrected chi connectivity index (χ1v) is 7.72. The molecule has 0 aliphatic rings. The predicted molar refractivity (Wildman–Crippen MR) is 76.9 cm³/mol. The number of rotatable bonds is 4. The molecule has 19 heavy (non-hydrogen) atoms. The molecule has 5 heteroatoms. The van der Waals surface area contributed by atoms with Crippen LogP contribution in [0.25, 0.3) is 0 Å². The fourth-order valence-corrected chi connectivity index (χ4v) is 3.65. The van der Waals surface area contributed by atoms with E-state index in [9.17, 15) is 8.42 Å². The normalized spacial score (nSPS) is 13.2. The summed E-state index contributed by atoms with van der Waals surface area (Å²) in [6.07, 6.45) is 0. The second kappa shape index (κ2) is 5.74. The average Bonchev–Trinajstić information content (AvgIpc) is 2.42. The number of nitrogens with two attached hydrogens (primary N) is 1. The Balaban J connectivity index is 2.45. The molecule has 3 nitrogen and oxygen atoms in total. The minimum absolute atomic E-state index is 0.0266. The molecule has 2 N–H and O–H groups in total. The van der Waals surface area contributed by atoms with E-state index >= 15 is 0 Å². The minimum atomic E-state index is -3.49. The van der Waals surface area contributed by atoms with E-state index < -0.39 is 15.1 Å². The van der Waals surface area contributed by atoms with Crippen molar-refractivity contribution in [3.8, 4) is 0 Å². The van der Waals surface area contributed by atoms with Gasteiger partial charge in [-0.25, -0.2) is 8.42 Å². The Hall–Kier alpha value is -1.36. The Morgan fingerprint density at radius 1 is 1.00 bits per heavy atom. The molecule has 0 saturated carbocycles. The zero-order valence-corrected chi connectivity index (χ0v) is 11.7. The summed E-state index contributed by atoms with van der Waals surface area (Å²) >= 11 is 5.81. The molecule has 0 unspecified atom stereocenters. The Bertz CT molecular complexity index is 639. The van der Waals surface area contributed by atoms with Gasteiger partial charge in [0.1, 0.15) is 5.25 Å². The molecule has 2 aromatic carbocycles. The third-order valence-electron chi connectivity index (χ3n) is 2.90. The van der Waals surface area contributed by atoms with Gasteiger partial charge in [0, 0.05) is 11.6 Å². The molecule has 0 fully saturated rings. The molecule has 0 amide bonds. The maximum Gasteiger partial charge on any atom is 0.186 e. The summed E-state index contributed by atoms with van der Waals surface area (Å²) in [7, 11) is -3.49. The van der Waals surface area contributed by atoms with Gasteiger partial charge >= 0.3 is 0 Å². The van der Waals surface area contributed by atoms with Crippen LogP contribution < -0.4 is 5.73 Å². The smallest absolute Gasteiger partial charge is 0.186 e. The van der Waals surface area contributed by atoms with Crippen LogP contribution in [0.3, 0.4) is 0 Å². The van der Waals surface area contributed by atoms with E-state index in [0.717, 1.165) is 0 Å². The third-order valence-corrected chi connectivity index (χ3v) is 5.30. The number of hydrogen-bond donors (Lipinski definition) is 1. The average molecular weight is 296 g/mol. The van der Waals surface area contributed by atoms with Crippen molar-refractivity contribution in [2.75, 3.05) is 6.54 Å². The molecule has 0 bridgehead atoms. The Morgan fingerprint density at radius 2 is 1.58 bits per heavy atom. The second-order valence-corrected chi connectivity index (χ2v) is 6.70. The van der Waals surface area contributed by atoms with Gasteiger partial charge in [-0.3, -0.25) is 0 Å². The van der Waals surface area contributed by atoms with Crippen molar-refractivity contribution in [2.24, 2.45) is 5.73 Å². The molecule has 0 aromatic heterocycles. The SMILES string of the molecule is NC[C@@H](c1ccc(Cl)cc1)S(=O)(=O)c1ccccc1. The zero-order chi connectivity index (χ0) is 13.9. The summed E-state index contributed by atoms with van der Waals surface area (Å²) in [6, 6.07) is 15.0. The van der Waals surface area contributed by atoms with E-state index in [1.807, 2.05) is 0 Å². The lowest BCUT2D eigenvalue weighted by molar-refractivity contribution is 0.582. The topological polar surface area (TPSA) is 60.2 Å². The summed E-state index contributed by atoms with van der Waals surface area (Å²) < 4.78 is 25.1. The highest BCUT2D eigenvalue weighted by molar-refractivity contribution is 7.91. The lowest BCUT2D eigenvalue weighted by Gasteiger charge is -2.16. The number of halogens is 1. The van der Waals surface area contributed by atoms with Crippen molar-refractivity contribution in [3.05, 3.63) is 65.2 Å². The highest BCUT2D eigenvalue weighted by Gasteiger charge is 2.27. The van der Waals surface area contributed by atoms with Crippen molar-refractivity contribution in [1.82, 2.24) is 0 Å². The predicted octanol–water partition coefficient (Wildman–Crippen LogP) is 2.81. The minimum Gasteiger partial charge on any atom is -0.329 e. The molecule has 1 atom stereocenters. The van der Waals surface area contributed by atoms with Crippen LogP contribution in [-0.4, -0.2) is 15.0 Å². The molecule has 100 valence electrons. The van der Waals surface area contributed by atoms with Crippen LogP contribution in [0.1, 0.15) is 10.8 Å². The van der Waals surface area contributed by atoms with E-state index in [-0.39, 0.29) is 11.4 Å². The van der Waals surface area contributed by atoms with Crippen LogP contribution in [0.2, 0.25) is 5.02 Å². The highest BCUT2D eigenvalue weighted by atomic mass is 35.5. The molecule has 2 aromatic rings. The van der Waals surface area contributed by atoms with Gasteiger partial charge < -0.3 is 5.73 Å². The molecular formula is C14H14ClNO2S. The van der Waals surface area contributed by atoms with Gasteiger partial charge in [-0.15, -0.1) is 0 Å². The van der Waals surface area contributed by atoms with Crippen LogP contribution >= 0.6 is 11.6 Å². The molecule has 0 heterocycles. The van der Waals surface area contributed by atoms with Gasteiger partial charge in [0.15, 0.2) is 9.84 Å². The van der Waals surface area contributed by atoms with Crippen LogP contribution in [0.5, 0.6) is 0 Å². The number of sulfone groups is 1. The Morgan fingerprint density at radius 3 is 2.11 bits per heavy atom. The first-order valence-electron chi connectivity index (χ1n) is 5.80. The standard InChI is InChI=1S/C14H14ClNO2S/c15-12-8-6-11(7-9-12)14(10-16)19(17,18)13-4-2-1-3-5-13/h1-9,14H,10,16H2/t14-/m0/s1. The van der Waals surface area contributed by atoms with Gasteiger partial charge in [0.2, 0.25) is 0 Å².